The first-order chi connectivity index (χ1) is 24.8. The van der Waals surface area contributed by atoms with E-state index in [1.165, 1.54) is 76.5 Å². The van der Waals surface area contributed by atoms with Gasteiger partial charge in [-0.15, -0.1) is 0 Å². The van der Waals surface area contributed by atoms with Crippen LogP contribution in [0.5, 0.6) is 23.0 Å². The molecule has 50 heavy (non-hydrogen) atoms. The van der Waals surface area contributed by atoms with Crippen LogP contribution in [0.1, 0.15) is 45.2 Å². The highest BCUT2D eigenvalue weighted by molar-refractivity contribution is 5.97. The first-order valence-corrected chi connectivity index (χ1v) is 17.3. The van der Waals surface area contributed by atoms with Crippen LogP contribution in [0.4, 0.5) is 0 Å². The van der Waals surface area contributed by atoms with Gasteiger partial charge in [0.2, 0.25) is 0 Å². The molecule has 0 unspecified atom stereocenters. The van der Waals surface area contributed by atoms with E-state index in [4.69, 9.17) is 9.47 Å². The number of fused-ring (bicyclic) bond motifs is 12. The second-order valence-electron chi connectivity index (χ2n) is 13.5. The van der Waals surface area contributed by atoms with Crippen molar-refractivity contribution in [2.45, 2.75) is 11.8 Å². The minimum Gasteiger partial charge on any atom is -0.457 e. The average Bonchev–Trinajstić information content (AvgIpc) is 3.19. The van der Waals surface area contributed by atoms with Gasteiger partial charge in [0.05, 0.1) is 0 Å². The molecule has 0 aromatic heterocycles. The zero-order valence-electron chi connectivity index (χ0n) is 27.1. The predicted octanol–water partition coefficient (Wildman–Crippen LogP) is 12.9. The van der Waals surface area contributed by atoms with Crippen LogP contribution in [-0.4, -0.2) is 0 Å². The fraction of sp³-hybridized carbons (Fsp3) is 0.0417. The first kappa shape index (κ1) is 27.6. The smallest absolute Gasteiger partial charge is 0.132 e. The molecule has 0 atom stereocenters. The van der Waals surface area contributed by atoms with Crippen LogP contribution in [0.3, 0.4) is 0 Å². The van der Waals surface area contributed by atoms with Gasteiger partial charge in [0.25, 0.3) is 0 Å². The quantitative estimate of drug-likeness (QED) is 0.188. The zero-order chi connectivity index (χ0) is 32.8. The highest BCUT2D eigenvalue weighted by Crippen LogP contribution is 2.54. The van der Waals surface area contributed by atoms with Gasteiger partial charge >= 0.3 is 0 Å². The summed E-state index contributed by atoms with van der Waals surface area (Å²) >= 11 is 0. The fourth-order valence-corrected chi connectivity index (χ4v) is 8.72. The third-order valence-electron chi connectivity index (χ3n) is 10.9. The number of hydrogen-bond donors (Lipinski definition) is 0. The Morgan fingerprint density at radius 1 is 0.260 bits per heavy atom. The highest BCUT2D eigenvalue weighted by atomic mass is 16.5. The molecule has 0 radical (unpaired) electrons. The van der Waals surface area contributed by atoms with E-state index >= 15 is 0 Å². The summed E-state index contributed by atoms with van der Waals surface area (Å²) in [6.07, 6.45) is 0. The number of ether oxygens (including phenoxy) is 2. The van der Waals surface area contributed by atoms with E-state index < -0.39 is 0 Å². The van der Waals surface area contributed by atoms with E-state index in [0.29, 0.717) is 0 Å². The topological polar surface area (TPSA) is 18.5 Å². The van der Waals surface area contributed by atoms with Crippen molar-refractivity contribution >= 4 is 43.1 Å². The molecule has 0 aliphatic carbocycles. The van der Waals surface area contributed by atoms with Crippen LogP contribution in [0.25, 0.3) is 43.1 Å². The van der Waals surface area contributed by atoms with Crippen molar-refractivity contribution in [1.29, 1.82) is 0 Å². The van der Waals surface area contributed by atoms with Crippen molar-refractivity contribution in [3.8, 4) is 23.0 Å². The standard InChI is InChI=1S/C48H30O2/c1-5-13-35-29(9-1)21-25-39-45(35)43(46-36-14-6-2-10-30(36)22-26-40(46)49-39)33-17-19-34(20-18-33)44-47-37-15-7-3-11-31(37)23-27-41(47)50-42-28-24-32-12-4-8-16-38(32)48(42)44/h1-28,43-44H. The average molecular weight is 639 g/mol. The van der Waals surface area contributed by atoms with Gasteiger partial charge in [-0.3, -0.25) is 0 Å². The highest BCUT2D eigenvalue weighted by Gasteiger charge is 2.34. The third-order valence-corrected chi connectivity index (χ3v) is 10.9. The molecule has 234 valence electrons. The van der Waals surface area contributed by atoms with Crippen molar-refractivity contribution in [1.82, 2.24) is 0 Å². The summed E-state index contributed by atoms with van der Waals surface area (Å²) in [4.78, 5) is 0. The van der Waals surface area contributed by atoms with Gasteiger partial charge in [-0.05, 0) is 78.5 Å². The summed E-state index contributed by atoms with van der Waals surface area (Å²) in [5.41, 5.74) is 7.37. The summed E-state index contributed by atoms with van der Waals surface area (Å²) in [6.45, 7) is 0. The van der Waals surface area contributed by atoms with Crippen LogP contribution in [0.15, 0.2) is 170 Å². The Balaban J connectivity index is 1.16. The Morgan fingerprint density at radius 3 is 0.800 bits per heavy atom. The maximum absolute atomic E-state index is 6.71. The van der Waals surface area contributed by atoms with Crippen LogP contribution in [-0.2, 0) is 0 Å². The summed E-state index contributed by atoms with van der Waals surface area (Å²) in [5, 5.41) is 9.77. The van der Waals surface area contributed by atoms with E-state index in [1.807, 2.05) is 0 Å². The summed E-state index contributed by atoms with van der Waals surface area (Å²) in [6, 6.07) is 61.4. The Bertz CT molecular complexity index is 2460. The number of rotatable bonds is 2. The Morgan fingerprint density at radius 2 is 0.520 bits per heavy atom. The van der Waals surface area contributed by atoms with Gasteiger partial charge < -0.3 is 9.47 Å². The molecule has 0 fully saturated rings. The second-order valence-corrected chi connectivity index (χ2v) is 13.5. The second kappa shape index (κ2) is 10.6. The van der Waals surface area contributed by atoms with Crippen LogP contribution < -0.4 is 9.47 Å². The molecule has 0 saturated heterocycles. The molecule has 2 heteroatoms. The monoisotopic (exact) mass is 638 g/mol. The minimum absolute atomic E-state index is 0.00378. The molecule has 0 bridgehead atoms. The largest absolute Gasteiger partial charge is 0.457 e. The van der Waals surface area contributed by atoms with Crippen molar-refractivity contribution in [3.63, 3.8) is 0 Å². The summed E-state index contributed by atoms with van der Waals surface area (Å²) in [5.74, 6) is 3.68. The minimum atomic E-state index is -0.00378. The molecule has 2 nitrogen and oxygen atoms in total. The van der Waals surface area contributed by atoms with Gasteiger partial charge in [0.15, 0.2) is 0 Å². The van der Waals surface area contributed by atoms with Crippen molar-refractivity contribution in [2.75, 3.05) is 0 Å². The molecule has 2 aliphatic rings. The lowest BCUT2D eigenvalue weighted by molar-refractivity contribution is 0.455. The first-order valence-electron chi connectivity index (χ1n) is 17.3. The molecule has 0 saturated carbocycles. The molecule has 9 aromatic rings. The maximum Gasteiger partial charge on any atom is 0.132 e. The zero-order valence-corrected chi connectivity index (χ0v) is 27.1. The Kier molecular flexibility index (Phi) is 5.82. The molecule has 0 N–H and O–H groups in total. The van der Waals surface area contributed by atoms with Crippen LogP contribution in [0, 0.1) is 0 Å². The van der Waals surface area contributed by atoms with Gasteiger partial charge in [0, 0.05) is 34.1 Å². The molecular formula is C48H30O2. The maximum atomic E-state index is 6.71. The molecule has 0 amide bonds. The van der Waals surface area contributed by atoms with E-state index in [2.05, 4.69) is 170 Å². The fourth-order valence-electron chi connectivity index (χ4n) is 8.72. The Labute approximate surface area is 289 Å². The third kappa shape index (κ3) is 3.96. The van der Waals surface area contributed by atoms with Gasteiger partial charge in [-0.25, -0.2) is 0 Å². The molecule has 9 aromatic carbocycles. The van der Waals surface area contributed by atoms with Gasteiger partial charge in [-0.2, -0.15) is 0 Å². The molecule has 2 aliphatic heterocycles. The van der Waals surface area contributed by atoms with Crippen molar-refractivity contribution in [2.24, 2.45) is 0 Å². The van der Waals surface area contributed by atoms with Gasteiger partial charge in [-0.1, -0.05) is 146 Å². The molecular weight excluding hydrogens is 609 g/mol. The number of hydrogen-bond acceptors (Lipinski definition) is 2. The van der Waals surface area contributed by atoms with Crippen molar-refractivity contribution in [3.05, 3.63) is 203 Å². The van der Waals surface area contributed by atoms with E-state index in [0.717, 1.165) is 23.0 Å². The van der Waals surface area contributed by atoms with E-state index in [9.17, 15) is 0 Å². The Hall–Kier alpha value is -6.38. The SMILES string of the molecule is c1ccc2c3c(ccc2c1)Oc1ccc2ccccc2c1C3c1ccc(C2c3c(ccc4ccccc34)Oc3ccc4ccccc4c32)cc1. The summed E-state index contributed by atoms with van der Waals surface area (Å²) < 4.78 is 13.4. The predicted molar refractivity (Wildman–Crippen MR) is 204 cm³/mol. The number of benzene rings is 9. The van der Waals surface area contributed by atoms with Crippen LogP contribution >= 0.6 is 0 Å². The van der Waals surface area contributed by atoms with Crippen LogP contribution in [0.2, 0.25) is 0 Å². The summed E-state index contributed by atoms with van der Waals surface area (Å²) in [7, 11) is 0. The van der Waals surface area contributed by atoms with E-state index in [-0.39, 0.29) is 11.8 Å². The molecule has 11 rings (SSSR count). The van der Waals surface area contributed by atoms with E-state index in [1.54, 1.807) is 0 Å². The molecule has 0 spiro atoms. The molecule has 2 heterocycles. The van der Waals surface area contributed by atoms with Crippen molar-refractivity contribution < 1.29 is 9.47 Å². The lowest BCUT2D eigenvalue weighted by Crippen LogP contribution is -2.14. The lowest BCUT2D eigenvalue weighted by Gasteiger charge is -2.32. The normalized spacial score (nSPS) is 13.8. The van der Waals surface area contributed by atoms with Gasteiger partial charge in [0.1, 0.15) is 23.0 Å². The lowest BCUT2D eigenvalue weighted by atomic mass is 9.76.